The maximum Gasteiger partial charge on any atom is 0.269 e. The molecule has 2 aliphatic rings. The second-order valence-electron chi connectivity index (χ2n) is 10.4. The number of nitro groups is 1. The average Bonchev–Trinajstić information content (AvgIpc) is 3.57. The van der Waals surface area contributed by atoms with Crippen LogP contribution >= 0.6 is 0 Å². The number of nitrogens with one attached hydrogen (secondary N) is 2. The van der Waals surface area contributed by atoms with E-state index < -0.39 is 10.8 Å². The molecule has 0 bridgehead atoms. The van der Waals surface area contributed by atoms with E-state index >= 15 is 0 Å². The van der Waals surface area contributed by atoms with Crippen molar-refractivity contribution in [3.05, 3.63) is 99.1 Å². The fourth-order valence-electron chi connectivity index (χ4n) is 5.34. The maximum atomic E-state index is 13.3. The number of fused-ring (bicyclic) bond motifs is 1. The molecule has 0 radical (unpaired) electrons. The lowest BCUT2D eigenvalue weighted by Crippen LogP contribution is -2.22. The minimum atomic E-state index is -0.787. The van der Waals surface area contributed by atoms with Gasteiger partial charge in [-0.2, -0.15) is 0 Å². The first-order chi connectivity index (χ1) is 19.4. The first kappa shape index (κ1) is 27.2. The third kappa shape index (κ3) is 6.43. The number of anilines is 1. The van der Waals surface area contributed by atoms with Crippen LogP contribution in [0.2, 0.25) is 0 Å². The third-order valence-electron chi connectivity index (χ3n) is 7.41. The van der Waals surface area contributed by atoms with Crippen molar-refractivity contribution in [2.75, 3.05) is 25.0 Å². The van der Waals surface area contributed by atoms with E-state index in [1.807, 2.05) is 36.4 Å². The number of hydrogen-bond acceptors (Lipinski definition) is 6. The van der Waals surface area contributed by atoms with Gasteiger partial charge in [-0.25, -0.2) is 0 Å². The van der Waals surface area contributed by atoms with Crippen molar-refractivity contribution in [1.82, 2.24) is 10.2 Å². The van der Waals surface area contributed by atoms with Crippen LogP contribution in [0.5, 0.6) is 0 Å². The lowest BCUT2D eigenvalue weighted by molar-refractivity contribution is -0.384. The number of nitro benzene ring substituents is 1. The highest BCUT2D eigenvalue weighted by molar-refractivity contribution is 6.24. The Labute approximate surface area is 233 Å². The monoisotopic (exact) mass is 539 g/mol. The fourth-order valence-corrected chi connectivity index (χ4v) is 5.34. The molecule has 206 valence electrons. The molecule has 1 fully saturated rings. The molecule has 0 aromatic heterocycles. The Morgan fingerprint density at radius 2 is 1.75 bits per heavy atom. The summed E-state index contributed by atoms with van der Waals surface area (Å²) in [5.41, 5.74) is 5.37. The smallest absolute Gasteiger partial charge is 0.269 e. The molecule has 3 aromatic carbocycles. The number of aliphatic imine (C=N–C) groups is 1. The van der Waals surface area contributed by atoms with Crippen LogP contribution < -0.4 is 10.6 Å². The van der Waals surface area contributed by atoms with Gasteiger partial charge >= 0.3 is 0 Å². The molecule has 9 nitrogen and oxygen atoms in total. The van der Waals surface area contributed by atoms with Crippen molar-refractivity contribution < 1.29 is 14.5 Å². The first-order valence-corrected chi connectivity index (χ1v) is 13.7. The van der Waals surface area contributed by atoms with E-state index in [9.17, 15) is 19.7 Å². The predicted molar refractivity (Wildman–Crippen MR) is 155 cm³/mol. The zero-order valence-electron chi connectivity index (χ0n) is 22.6. The Morgan fingerprint density at radius 1 is 1.05 bits per heavy atom. The molecule has 1 unspecified atom stereocenters. The molecule has 2 heterocycles. The Hall–Kier alpha value is -4.37. The topological polar surface area (TPSA) is 117 Å². The zero-order chi connectivity index (χ0) is 28.1. The van der Waals surface area contributed by atoms with Gasteiger partial charge in [-0.05, 0) is 73.7 Å². The minimum Gasteiger partial charge on any atom is -0.356 e. The maximum absolute atomic E-state index is 13.3. The van der Waals surface area contributed by atoms with E-state index in [-0.39, 0.29) is 17.5 Å². The molecule has 3 aromatic rings. The summed E-state index contributed by atoms with van der Waals surface area (Å²) in [6.07, 6.45) is 4.09. The largest absolute Gasteiger partial charge is 0.356 e. The van der Waals surface area contributed by atoms with Crippen LogP contribution in [-0.4, -0.2) is 47.0 Å². The summed E-state index contributed by atoms with van der Waals surface area (Å²) in [6.45, 7) is 5.26. The van der Waals surface area contributed by atoms with Crippen LogP contribution in [0.1, 0.15) is 54.4 Å². The second kappa shape index (κ2) is 12.2. The normalized spacial score (nSPS) is 17.0. The van der Waals surface area contributed by atoms with Crippen molar-refractivity contribution in [2.45, 2.75) is 45.1 Å². The summed E-state index contributed by atoms with van der Waals surface area (Å²) in [6, 6.07) is 20.4. The molecule has 1 saturated heterocycles. The molecule has 40 heavy (non-hydrogen) atoms. The van der Waals surface area contributed by atoms with E-state index in [2.05, 4.69) is 27.7 Å². The van der Waals surface area contributed by atoms with Gasteiger partial charge in [-0.1, -0.05) is 36.4 Å². The van der Waals surface area contributed by atoms with Gasteiger partial charge in [0.2, 0.25) is 11.8 Å². The summed E-state index contributed by atoms with van der Waals surface area (Å²) < 4.78 is 0. The molecule has 2 N–H and O–H groups in total. The third-order valence-corrected chi connectivity index (χ3v) is 7.41. The molecule has 2 amide bonds. The number of carbonyl (C=O) groups excluding carboxylic acids is 2. The van der Waals surface area contributed by atoms with Gasteiger partial charge in [-0.3, -0.25) is 29.6 Å². The van der Waals surface area contributed by atoms with Crippen molar-refractivity contribution in [1.29, 1.82) is 0 Å². The molecule has 5 rings (SSSR count). The van der Waals surface area contributed by atoms with Gasteiger partial charge in [0.25, 0.3) is 5.69 Å². The van der Waals surface area contributed by atoms with E-state index in [0.717, 1.165) is 43.6 Å². The number of non-ortho nitro benzene ring substituents is 1. The fraction of sp³-hybridized carbons (Fsp3) is 0.323. The standard InChI is InChI=1S/C31H33N5O4/c1-21(37)32-16-4-5-22-6-10-24(11-7-22)30(29-27-19-26(36(39)40)14-15-28(27)34-31(29)38)33-25-12-8-23(9-13-25)20-35-17-2-3-18-35/h6-15,19,29H,2-5,16-18,20H2,1H3,(H,32,37)(H,34,38). The number of likely N-dealkylation sites (tertiary alicyclic amines) is 1. The SMILES string of the molecule is CC(=O)NCCCc1ccc(C(=Nc2ccc(CN3CCCC3)cc2)C2C(=O)Nc3ccc([N+](=O)[O-])cc32)cc1. The van der Waals surface area contributed by atoms with Crippen molar-refractivity contribution >= 4 is 34.6 Å². The average molecular weight is 540 g/mol. The molecular formula is C31H33N5O4. The number of amides is 2. The Morgan fingerprint density at radius 3 is 2.42 bits per heavy atom. The molecular weight excluding hydrogens is 506 g/mol. The number of carbonyl (C=O) groups is 2. The van der Waals surface area contributed by atoms with Gasteiger partial charge < -0.3 is 10.6 Å². The summed E-state index contributed by atoms with van der Waals surface area (Å²) >= 11 is 0. The molecule has 0 aliphatic carbocycles. The molecule has 9 heteroatoms. The molecule has 0 spiro atoms. The van der Waals surface area contributed by atoms with Crippen molar-refractivity contribution in [3.63, 3.8) is 0 Å². The van der Waals surface area contributed by atoms with Gasteiger partial charge in [0.1, 0.15) is 5.92 Å². The van der Waals surface area contributed by atoms with Gasteiger partial charge in [0.05, 0.1) is 16.3 Å². The Kier molecular flexibility index (Phi) is 8.31. The van der Waals surface area contributed by atoms with Gasteiger partial charge in [0, 0.05) is 43.4 Å². The van der Waals surface area contributed by atoms with Crippen molar-refractivity contribution in [2.24, 2.45) is 4.99 Å². The van der Waals surface area contributed by atoms with E-state index in [1.54, 1.807) is 6.07 Å². The van der Waals surface area contributed by atoms with Crippen molar-refractivity contribution in [3.8, 4) is 0 Å². The quantitative estimate of drug-likeness (QED) is 0.161. The number of rotatable bonds is 10. The highest BCUT2D eigenvalue weighted by Crippen LogP contribution is 2.38. The van der Waals surface area contributed by atoms with Gasteiger partial charge in [-0.15, -0.1) is 0 Å². The van der Waals surface area contributed by atoms with Crippen LogP contribution in [0.4, 0.5) is 17.1 Å². The summed E-state index contributed by atoms with van der Waals surface area (Å²) in [5, 5.41) is 17.2. The summed E-state index contributed by atoms with van der Waals surface area (Å²) in [5.74, 6) is -1.10. The summed E-state index contributed by atoms with van der Waals surface area (Å²) in [4.78, 5) is 42.8. The molecule has 0 saturated carbocycles. The van der Waals surface area contributed by atoms with Crippen LogP contribution in [0.15, 0.2) is 71.7 Å². The van der Waals surface area contributed by atoms with E-state index in [4.69, 9.17) is 4.99 Å². The minimum absolute atomic E-state index is 0.0457. The van der Waals surface area contributed by atoms with E-state index in [0.29, 0.717) is 29.2 Å². The summed E-state index contributed by atoms with van der Waals surface area (Å²) in [7, 11) is 0. The number of hydrogen-bond donors (Lipinski definition) is 2. The van der Waals surface area contributed by atoms with Crippen LogP contribution in [0.3, 0.4) is 0 Å². The Balaban J connectivity index is 1.46. The predicted octanol–water partition coefficient (Wildman–Crippen LogP) is 5.12. The van der Waals surface area contributed by atoms with E-state index in [1.165, 1.54) is 37.5 Å². The second-order valence-corrected chi connectivity index (χ2v) is 10.4. The van der Waals surface area contributed by atoms with Crippen LogP contribution in [-0.2, 0) is 22.6 Å². The number of nitrogens with zero attached hydrogens (tertiary/aromatic N) is 3. The highest BCUT2D eigenvalue weighted by Gasteiger charge is 2.36. The lowest BCUT2D eigenvalue weighted by atomic mass is 9.89. The first-order valence-electron chi connectivity index (χ1n) is 13.7. The Bertz CT molecular complexity index is 1430. The molecule has 1 atom stereocenters. The number of aryl methyl sites for hydroxylation is 1. The lowest BCUT2D eigenvalue weighted by Gasteiger charge is -2.16. The highest BCUT2D eigenvalue weighted by atomic mass is 16.6. The van der Waals surface area contributed by atoms with Gasteiger partial charge in [0.15, 0.2) is 0 Å². The zero-order valence-corrected chi connectivity index (χ0v) is 22.6. The van der Waals surface area contributed by atoms with Crippen LogP contribution in [0.25, 0.3) is 0 Å². The van der Waals surface area contributed by atoms with Crippen LogP contribution in [0, 0.1) is 10.1 Å². The molecule has 2 aliphatic heterocycles. The number of benzene rings is 3.